The number of aliphatic hydroxyl groups excluding tert-OH is 1. The molecule has 0 saturated carbocycles. The van der Waals surface area contributed by atoms with Gasteiger partial charge in [-0.05, 0) is 37.4 Å². The molecule has 1 aromatic carbocycles. The van der Waals surface area contributed by atoms with Gasteiger partial charge < -0.3 is 14.7 Å². The van der Waals surface area contributed by atoms with E-state index in [1.165, 1.54) is 18.4 Å². The van der Waals surface area contributed by atoms with Crippen LogP contribution in [-0.4, -0.2) is 43.4 Å². The first-order chi connectivity index (χ1) is 9.79. The molecule has 0 aliphatic carbocycles. The molecule has 3 heteroatoms. The average molecular weight is 273 g/mol. The normalized spacial score (nSPS) is 18.6. The molecule has 2 rings (SSSR count). The van der Waals surface area contributed by atoms with Crippen molar-refractivity contribution in [2.24, 2.45) is 5.92 Å². The molecule has 0 aromatic heterocycles. The molecule has 0 spiro atoms. The van der Waals surface area contributed by atoms with E-state index < -0.39 is 0 Å². The molecule has 0 bridgehead atoms. The minimum Gasteiger partial charge on any atom is -0.384 e. The van der Waals surface area contributed by atoms with Crippen molar-refractivity contribution in [2.75, 3.05) is 33.4 Å². The van der Waals surface area contributed by atoms with E-state index in [1.54, 1.807) is 0 Å². The molecule has 1 aliphatic heterocycles. The highest BCUT2D eigenvalue weighted by atomic mass is 16.5. The summed E-state index contributed by atoms with van der Waals surface area (Å²) in [5.74, 6) is 6.39. The van der Waals surface area contributed by atoms with Gasteiger partial charge in [-0.1, -0.05) is 30.0 Å². The topological polar surface area (TPSA) is 32.7 Å². The monoisotopic (exact) mass is 273 g/mol. The number of benzene rings is 1. The summed E-state index contributed by atoms with van der Waals surface area (Å²) in [6.45, 7) is 3.65. The van der Waals surface area contributed by atoms with E-state index in [9.17, 15) is 0 Å². The summed E-state index contributed by atoms with van der Waals surface area (Å²) in [5.41, 5.74) is 2.22. The smallest absolute Gasteiger partial charge is 0.104 e. The Bertz CT molecular complexity index is 469. The minimum absolute atomic E-state index is 0.0937. The molecular weight excluding hydrogens is 250 g/mol. The summed E-state index contributed by atoms with van der Waals surface area (Å²) in [7, 11) is 2.14. The number of ether oxygens (including phenoxy) is 1. The SMILES string of the molecule is CN(Cc1ccccc1C#CCO)CC1CCCOC1. The fourth-order valence-electron chi connectivity index (χ4n) is 2.66. The first-order valence-electron chi connectivity index (χ1n) is 7.23. The van der Waals surface area contributed by atoms with Gasteiger partial charge in [0.25, 0.3) is 0 Å². The maximum absolute atomic E-state index is 8.82. The minimum atomic E-state index is -0.0937. The Labute approximate surface area is 121 Å². The first kappa shape index (κ1) is 15.1. The van der Waals surface area contributed by atoms with Crippen molar-refractivity contribution in [2.45, 2.75) is 19.4 Å². The average Bonchev–Trinajstić information content (AvgIpc) is 2.47. The number of hydrogen-bond acceptors (Lipinski definition) is 3. The van der Waals surface area contributed by atoms with Crippen LogP contribution in [0, 0.1) is 17.8 Å². The van der Waals surface area contributed by atoms with Gasteiger partial charge in [-0.25, -0.2) is 0 Å². The second-order valence-corrected chi connectivity index (χ2v) is 5.40. The van der Waals surface area contributed by atoms with Crippen LogP contribution in [0.15, 0.2) is 24.3 Å². The van der Waals surface area contributed by atoms with Gasteiger partial charge in [0.05, 0.1) is 6.61 Å². The Hall–Kier alpha value is -1.34. The number of nitrogens with zero attached hydrogens (tertiary/aromatic N) is 1. The van der Waals surface area contributed by atoms with E-state index in [0.29, 0.717) is 5.92 Å². The van der Waals surface area contributed by atoms with Crippen LogP contribution in [0.5, 0.6) is 0 Å². The van der Waals surface area contributed by atoms with Crippen LogP contribution in [0.1, 0.15) is 24.0 Å². The zero-order valence-electron chi connectivity index (χ0n) is 12.1. The Morgan fingerprint density at radius 2 is 2.25 bits per heavy atom. The van der Waals surface area contributed by atoms with Crippen molar-refractivity contribution in [1.29, 1.82) is 0 Å². The van der Waals surface area contributed by atoms with Gasteiger partial charge in [0.1, 0.15) is 6.61 Å². The van der Waals surface area contributed by atoms with Gasteiger partial charge in [-0.15, -0.1) is 0 Å². The van der Waals surface area contributed by atoms with Gasteiger partial charge in [0.2, 0.25) is 0 Å². The van der Waals surface area contributed by atoms with Gasteiger partial charge in [0.15, 0.2) is 0 Å². The molecular formula is C17H23NO2. The van der Waals surface area contributed by atoms with Crippen LogP contribution < -0.4 is 0 Å². The summed E-state index contributed by atoms with van der Waals surface area (Å²) in [5, 5.41) is 8.82. The largest absolute Gasteiger partial charge is 0.384 e. The van der Waals surface area contributed by atoms with Gasteiger partial charge >= 0.3 is 0 Å². The van der Waals surface area contributed by atoms with Gasteiger partial charge in [-0.2, -0.15) is 0 Å². The Balaban J connectivity index is 1.94. The molecule has 20 heavy (non-hydrogen) atoms. The quantitative estimate of drug-likeness (QED) is 0.850. The number of hydrogen-bond donors (Lipinski definition) is 1. The van der Waals surface area contributed by atoms with Crippen LogP contribution in [0.4, 0.5) is 0 Å². The molecule has 1 fully saturated rings. The molecule has 1 aliphatic rings. The van der Waals surface area contributed by atoms with Crippen molar-refractivity contribution in [3.63, 3.8) is 0 Å². The van der Waals surface area contributed by atoms with E-state index in [1.807, 2.05) is 18.2 Å². The zero-order chi connectivity index (χ0) is 14.2. The van der Waals surface area contributed by atoms with E-state index >= 15 is 0 Å². The van der Waals surface area contributed by atoms with Crippen LogP contribution in [-0.2, 0) is 11.3 Å². The van der Waals surface area contributed by atoms with E-state index in [4.69, 9.17) is 9.84 Å². The van der Waals surface area contributed by atoms with Crippen LogP contribution in [0.25, 0.3) is 0 Å². The Morgan fingerprint density at radius 3 is 3.00 bits per heavy atom. The lowest BCUT2D eigenvalue weighted by Gasteiger charge is -2.27. The maximum Gasteiger partial charge on any atom is 0.104 e. The van der Waals surface area contributed by atoms with Crippen molar-refractivity contribution >= 4 is 0 Å². The lowest BCUT2D eigenvalue weighted by molar-refractivity contribution is 0.0411. The molecule has 0 radical (unpaired) electrons. The van der Waals surface area contributed by atoms with E-state index in [0.717, 1.165) is 31.9 Å². The maximum atomic E-state index is 8.82. The van der Waals surface area contributed by atoms with Crippen molar-refractivity contribution in [3.05, 3.63) is 35.4 Å². The number of aliphatic hydroxyl groups is 1. The fraction of sp³-hybridized carbons (Fsp3) is 0.529. The summed E-state index contributed by atoms with van der Waals surface area (Å²) in [4.78, 5) is 2.33. The Morgan fingerprint density at radius 1 is 1.40 bits per heavy atom. The van der Waals surface area contributed by atoms with Crippen LogP contribution >= 0.6 is 0 Å². The molecule has 1 saturated heterocycles. The summed E-state index contributed by atoms with van der Waals surface area (Å²) < 4.78 is 5.53. The second kappa shape index (κ2) is 8.06. The highest BCUT2D eigenvalue weighted by Gasteiger charge is 2.16. The summed E-state index contributed by atoms with van der Waals surface area (Å²) >= 11 is 0. The summed E-state index contributed by atoms with van der Waals surface area (Å²) in [6, 6.07) is 8.14. The molecule has 1 atom stereocenters. The number of rotatable bonds is 4. The molecule has 1 unspecified atom stereocenters. The second-order valence-electron chi connectivity index (χ2n) is 5.40. The standard InChI is InChI=1S/C17H23NO2/c1-18(12-15-6-5-11-20-14-15)13-17-8-3-2-7-16(17)9-4-10-19/h2-3,7-8,15,19H,5-6,10-14H2,1H3. The fourth-order valence-corrected chi connectivity index (χ4v) is 2.66. The first-order valence-corrected chi connectivity index (χ1v) is 7.23. The summed E-state index contributed by atoms with van der Waals surface area (Å²) in [6.07, 6.45) is 2.44. The zero-order valence-corrected chi connectivity index (χ0v) is 12.1. The predicted molar refractivity (Wildman–Crippen MR) is 80.3 cm³/mol. The van der Waals surface area contributed by atoms with Gasteiger partial charge in [-0.3, -0.25) is 0 Å². The van der Waals surface area contributed by atoms with E-state index in [-0.39, 0.29) is 6.61 Å². The molecule has 3 nitrogen and oxygen atoms in total. The molecule has 108 valence electrons. The molecule has 1 N–H and O–H groups in total. The van der Waals surface area contributed by atoms with Gasteiger partial charge in [0, 0.05) is 25.3 Å². The molecule has 1 heterocycles. The van der Waals surface area contributed by atoms with Crippen LogP contribution in [0.3, 0.4) is 0 Å². The van der Waals surface area contributed by atoms with E-state index in [2.05, 4.69) is 29.9 Å². The molecule has 1 aromatic rings. The third-order valence-corrected chi connectivity index (χ3v) is 3.58. The van der Waals surface area contributed by atoms with Crippen LogP contribution in [0.2, 0.25) is 0 Å². The third-order valence-electron chi connectivity index (χ3n) is 3.58. The van der Waals surface area contributed by atoms with Crippen molar-refractivity contribution < 1.29 is 9.84 Å². The van der Waals surface area contributed by atoms with Crippen molar-refractivity contribution in [1.82, 2.24) is 4.90 Å². The lowest BCUT2D eigenvalue weighted by atomic mass is 10.0. The Kier molecular flexibility index (Phi) is 6.07. The molecule has 0 amide bonds. The lowest BCUT2D eigenvalue weighted by Crippen LogP contribution is -2.30. The highest BCUT2D eigenvalue weighted by Crippen LogP contribution is 2.16. The highest BCUT2D eigenvalue weighted by molar-refractivity contribution is 5.41. The van der Waals surface area contributed by atoms with Crippen molar-refractivity contribution in [3.8, 4) is 11.8 Å². The predicted octanol–water partition coefficient (Wildman–Crippen LogP) is 1.89. The third kappa shape index (κ3) is 4.64.